The van der Waals surface area contributed by atoms with Crippen LogP contribution in [-0.2, 0) is 4.79 Å². The summed E-state index contributed by atoms with van der Waals surface area (Å²) in [5.41, 5.74) is 0. The van der Waals surface area contributed by atoms with Crippen LogP contribution >= 0.6 is 0 Å². The summed E-state index contributed by atoms with van der Waals surface area (Å²) in [6.07, 6.45) is 13.2. The minimum Gasteiger partial charge on any atom is -0.465 e. The van der Waals surface area contributed by atoms with Crippen molar-refractivity contribution in [2.45, 2.75) is 83.2 Å². The Bertz CT molecular complexity index is 280. The molecule has 0 spiro atoms. The van der Waals surface area contributed by atoms with Crippen molar-refractivity contribution < 1.29 is 14.7 Å². The molecule has 0 aromatic heterocycles. The maximum atomic E-state index is 11.2. The van der Waals surface area contributed by atoms with Gasteiger partial charge in [-0.25, -0.2) is 4.79 Å². The molecule has 2 aliphatic rings. The number of carbonyl (C=O) groups is 2. The summed E-state index contributed by atoms with van der Waals surface area (Å²) in [5, 5.41) is 9.93. The molecule has 2 aliphatic carbocycles. The highest BCUT2D eigenvalue weighted by atomic mass is 16.4. The van der Waals surface area contributed by atoms with Crippen molar-refractivity contribution >= 4 is 12.5 Å². The van der Waals surface area contributed by atoms with E-state index in [0.29, 0.717) is 18.6 Å². The van der Waals surface area contributed by atoms with E-state index in [1.165, 1.54) is 64.2 Å². The number of carboxylic acid groups (broad SMARTS) is 1. The second-order valence-electron chi connectivity index (χ2n) is 5.97. The first-order valence-corrected chi connectivity index (χ1v) is 8.38. The molecule has 5 heteroatoms. The quantitative estimate of drug-likeness (QED) is 0.782. The van der Waals surface area contributed by atoms with Gasteiger partial charge in [0.15, 0.2) is 0 Å². The van der Waals surface area contributed by atoms with Crippen molar-refractivity contribution in [1.82, 2.24) is 10.2 Å². The molecule has 0 bridgehead atoms. The number of nitrogens with zero attached hydrogens (tertiary/aromatic N) is 1. The molecule has 21 heavy (non-hydrogen) atoms. The van der Waals surface area contributed by atoms with E-state index in [-0.39, 0.29) is 0 Å². The van der Waals surface area contributed by atoms with Gasteiger partial charge in [0, 0.05) is 18.6 Å². The van der Waals surface area contributed by atoms with Crippen molar-refractivity contribution in [3.05, 3.63) is 0 Å². The zero-order valence-electron chi connectivity index (χ0n) is 13.2. The third-order valence-electron chi connectivity index (χ3n) is 4.44. The van der Waals surface area contributed by atoms with Crippen LogP contribution in [0.4, 0.5) is 4.79 Å². The molecular formula is C16H30N2O3. The lowest BCUT2D eigenvalue weighted by Crippen LogP contribution is -2.44. The fraction of sp³-hybridized carbons (Fsp3) is 0.875. The number of hydrogen-bond donors (Lipinski definition) is 2. The first-order valence-electron chi connectivity index (χ1n) is 8.38. The lowest BCUT2D eigenvalue weighted by molar-refractivity contribution is -0.124. The number of amides is 2. The Labute approximate surface area is 128 Å². The minimum atomic E-state index is -0.961. The van der Waals surface area contributed by atoms with Crippen molar-refractivity contribution in [3.8, 4) is 0 Å². The molecule has 0 aromatic carbocycles. The van der Waals surface area contributed by atoms with Gasteiger partial charge < -0.3 is 15.3 Å². The summed E-state index contributed by atoms with van der Waals surface area (Å²) >= 11 is 0. The van der Waals surface area contributed by atoms with Gasteiger partial charge in [-0.2, -0.15) is 0 Å². The van der Waals surface area contributed by atoms with E-state index in [1.807, 2.05) is 0 Å². The molecule has 2 amide bonds. The summed E-state index contributed by atoms with van der Waals surface area (Å²) in [7, 11) is 0. The molecule has 0 saturated heterocycles. The Kier molecular flexibility index (Phi) is 8.87. The molecule has 122 valence electrons. The summed E-state index contributed by atoms with van der Waals surface area (Å²) < 4.78 is 0. The number of carbonyl (C=O) groups excluding carboxylic acids is 1. The van der Waals surface area contributed by atoms with E-state index >= 15 is 0 Å². The van der Waals surface area contributed by atoms with Gasteiger partial charge in [0.2, 0.25) is 6.41 Å². The fourth-order valence-corrected chi connectivity index (χ4v) is 3.38. The lowest BCUT2D eigenvalue weighted by Gasteiger charge is -2.39. The second kappa shape index (κ2) is 10.5. The summed E-state index contributed by atoms with van der Waals surface area (Å²) in [6, 6.07) is 1.14. The average molecular weight is 298 g/mol. The fourth-order valence-electron chi connectivity index (χ4n) is 3.38. The van der Waals surface area contributed by atoms with Crippen LogP contribution in [0.1, 0.15) is 71.1 Å². The van der Waals surface area contributed by atoms with E-state index in [9.17, 15) is 9.59 Å². The van der Waals surface area contributed by atoms with Crippen LogP contribution in [0.25, 0.3) is 0 Å². The van der Waals surface area contributed by atoms with Crippen LogP contribution in [-0.4, -0.2) is 41.1 Å². The third-order valence-corrected chi connectivity index (χ3v) is 4.44. The van der Waals surface area contributed by atoms with Gasteiger partial charge in [0.1, 0.15) is 0 Å². The molecule has 2 fully saturated rings. The highest BCUT2D eigenvalue weighted by Gasteiger charge is 2.27. The van der Waals surface area contributed by atoms with Gasteiger partial charge in [0.05, 0.1) is 0 Å². The zero-order valence-corrected chi connectivity index (χ0v) is 13.2. The maximum absolute atomic E-state index is 11.2. The molecular weight excluding hydrogens is 268 g/mol. The molecule has 2 rings (SSSR count). The number of hydrogen-bond acceptors (Lipinski definition) is 2. The normalized spacial score (nSPS) is 20.0. The largest absolute Gasteiger partial charge is 0.465 e. The molecule has 0 aliphatic heterocycles. The van der Waals surface area contributed by atoms with Gasteiger partial charge in [-0.3, -0.25) is 4.79 Å². The van der Waals surface area contributed by atoms with Gasteiger partial charge >= 0.3 is 6.09 Å². The Hall–Kier alpha value is -1.26. The Morgan fingerprint density at radius 3 is 1.71 bits per heavy atom. The SMILES string of the molecule is CCNC(=O)O.O=CN(C1CCCCC1)C1CCCCC1. The molecule has 0 heterocycles. The molecule has 2 saturated carbocycles. The molecule has 0 unspecified atom stereocenters. The first-order chi connectivity index (χ1) is 10.2. The highest BCUT2D eigenvalue weighted by molar-refractivity contribution is 5.64. The van der Waals surface area contributed by atoms with Gasteiger partial charge in [-0.1, -0.05) is 38.5 Å². The second-order valence-corrected chi connectivity index (χ2v) is 5.97. The number of rotatable bonds is 4. The first kappa shape index (κ1) is 17.8. The maximum Gasteiger partial charge on any atom is 0.404 e. The molecule has 0 aromatic rings. The predicted molar refractivity (Wildman–Crippen MR) is 83.4 cm³/mol. The molecule has 2 N–H and O–H groups in total. The van der Waals surface area contributed by atoms with E-state index in [1.54, 1.807) is 6.92 Å². The van der Waals surface area contributed by atoms with Crippen molar-refractivity contribution in [2.75, 3.05) is 6.54 Å². The lowest BCUT2D eigenvalue weighted by atomic mass is 9.89. The predicted octanol–water partition coefficient (Wildman–Crippen LogP) is 3.38. The third kappa shape index (κ3) is 6.82. The highest BCUT2D eigenvalue weighted by Crippen LogP contribution is 2.28. The molecule has 0 radical (unpaired) electrons. The molecule has 0 atom stereocenters. The van der Waals surface area contributed by atoms with Crippen LogP contribution in [0, 0.1) is 0 Å². The van der Waals surface area contributed by atoms with E-state index in [2.05, 4.69) is 10.2 Å². The van der Waals surface area contributed by atoms with Crippen molar-refractivity contribution in [1.29, 1.82) is 0 Å². The summed E-state index contributed by atoms with van der Waals surface area (Å²) in [4.78, 5) is 22.9. The monoisotopic (exact) mass is 298 g/mol. The van der Waals surface area contributed by atoms with E-state index in [4.69, 9.17) is 5.11 Å². The van der Waals surface area contributed by atoms with E-state index < -0.39 is 6.09 Å². The topological polar surface area (TPSA) is 69.6 Å². The zero-order chi connectivity index (χ0) is 15.5. The van der Waals surface area contributed by atoms with Crippen molar-refractivity contribution in [2.24, 2.45) is 0 Å². The molecule has 5 nitrogen and oxygen atoms in total. The van der Waals surface area contributed by atoms with Gasteiger partial charge in [0.25, 0.3) is 0 Å². The summed E-state index contributed by atoms with van der Waals surface area (Å²) in [6.45, 7) is 2.21. The van der Waals surface area contributed by atoms with E-state index in [0.717, 1.165) is 6.41 Å². The average Bonchev–Trinajstić information content (AvgIpc) is 2.51. The van der Waals surface area contributed by atoms with Crippen molar-refractivity contribution in [3.63, 3.8) is 0 Å². The smallest absolute Gasteiger partial charge is 0.404 e. The Morgan fingerprint density at radius 2 is 1.48 bits per heavy atom. The Balaban J connectivity index is 0.000000315. The standard InChI is InChI=1S/C13H23NO.C3H7NO2/c15-11-14(12-7-3-1-4-8-12)13-9-5-2-6-10-13;1-2-4-3(5)6/h11-13H,1-10H2;4H,2H2,1H3,(H,5,6). The van der Waals surface area contributed by atoms with Crippen LogP contribution in [0.15, 0.2) is 0 Å². The van der Waals surface area contributed by atoms with Gasteiger partial charge in [-0.05, 0) is 32.6 Å². The van der Waals surface area contributed by atoms with Gasteiger partial charge in [-0.15, -0.1) is 0 Å². The van der Waals surface area contributed by atoms with Crippen LogP contribution in [0.3, 0.4) is 0 Å². The number of nitrogens with one attached hydrogen (secondary N) is 1. The van der Waals surface area contributed by atoms with Crippen LogP contribution in [0.5, 0.6) is 0 Å². The van der Waals surface area contributed by atoms with Crippen LogP contribution in [0.2, 0.25) is 0 Å². The minimum absolute atomic E-state index is 0.481. The summed E-state index contributed by atoms with van der Waals surface area (Å²) in [5.74, 6) is 0. The Morgan fingerprint density at radius 1 is 1.05 bits per heavy atom. The van der Waals surface area contributed by atoms with Crippen LogP contribution < -0.4 is 5.32 Å².